The van der Waals surface area contributed by atoms with Gasteiger partial charge in [0.2, 0.25) is 15.9 Å². The highest BCUT2D eigenvalue weighted by molar-refractivity contribution is 7.98. The van der Waals surface area contributed by atoms with Crippen LogP contribution in [0.3, 0.4) is 0 Å². The van der Waals surface area contributed by atoms with Gasteiger partial charge in [0.1, 0.15) is 0 Å². The summed E-state index contributed by atoms with van der Waals surface area (Å²) in [6.07, 6.45) is 1.99. The minimum absolute atomic E-state index is 0.0720. The zero-order chi connectivity index (χ0) is 24.0. The molecule has 0 unspecified atom stereocenters. The second-order valence-corrected chi connectivity index (χ2v) is 11.0. The van der Waals surface area contributed by atoms with Crippen molar-refractivity contribution in [3.8, 4) is 0 Å². The van der Waals surface area contributed by atoms with Gasteiger partial charge >= 0.3 is 0 Å². The predicted molar refractivity (Wildman–Crippen MR) is 135 cm³/mol. The number of hydrogen-bond donors (Lipinski definition) is 1. The summed E-state index contributed by atoms with van der Waals surface area (Å²) in [5.74, 6) is -0.416. The number of nitrogens with zero attached hydrogens (tertiary/aromatic N) is 1. The minimum Gasteiger partial charge on any atom is -0.348 e. The normalized spacial score (nSPS) is 12.5. The van der Waals surface area contributed by atoms with Crippen LogP contribution in [0.4, 0.5) is 0 Å². The lowest BCUT2D eigenvalue weighted by Crippen LogP contribution is -2.41. The van der Waals surface area contributed by atoms with Crippen molar-refractivity contribution in [2.24, 2.45) is 0 Å². The van der Waals surface area contributed by atoms with Gasteiger partial charge in [-0.15, -0.1) is 11.8 Å². The number of benzene rings is 3. The molecular formula is C24H24Cl2N2O3S2. The van der Waals surface area contributed by atoms with Crippen molar-refractivity contribution in [3.05, 3.63) is 94.0 Å². The average molecular weight is 524 g/mol. The van der Waals surface area contributed by atoms with Crippen LogP contribution in [-0.2, 0) is 21.4 Å². The lowest BCUT2D eigenvalue weighted by atomic mass is 10.1. The summed E-state index contributed by atoms with van der Waals surface area (Å²) in [6, 6.07) is 20.4. The van der Waals surface area contributed by atoms with E-state index in [9.17, 15) is 13.2 Å². The van der Waals surface area contributed by atoms with E-state index in [1.165, 1.54) is 12.1 Å². The molecule has 1 atom stereocenters. The number of amides is 1. The maximum absolute atomic E-state index is 13.4. The summed E-state index contributed by atoms with van der Waals surface area (Å²) in [5, 5.41) is 3.67. The van der Waals surface area contributed by atoms with Gasteiger partial charge in [0.05, 0.1) is 17.5 Å². The summed E-state index contributed by atoms with van der Waals surface area (Å²) < 4.78 is 27.8. The van der Waals surface area contributed by atoms with Crippen molar-refractivity contribution in [1.82, 2.24) is 9.62 Å². The van der Waals surface area contributed by atoms with E-state index >= 15 is 0 Å². The number of nitrogens with one attached hydrogen (secondary N) is 1. The lowest BCUT2D eigenvalue weighted by molar-refractivity contribution is -0.122. The number of rotatable bonds is 9. The summed E-state index contributed by atoms with van der Waals surface area (Å²) in [4.78, 5) is 14.1. The van der Waals surface area contributed by atoms with Crippen molar-refractivity contribution >= 4 is 50.9 Å². The fourth-order valence-corrected chi connectivity index (χ4v) is 5.50. The van der Waals surface area contributed by atoms with Gasteiger partial charge in [-0.3, -0.25) is 4.79 Å². The van der Waals surface area contributed by atoms with E-state index in [0.717, 1.165) is 14.8 Å². The van der Waals surface area contributed by atoms with Crippen molar-refractivity contribution in [1.29, 1.82) is 0 Å². The molecule has 5 nitrogen and oxygen atoms in total. The molecule has 1 amide bonds. The number of thioether (sulfide) groups is 1. The third-order valence-electron chi connectivity index (χ3n) is 5.06. The molecule has 1 N–H and O–H groups in total. The zero-order valence-corrected chi connectivity index (χ0v) is 21.3. The molecule has 0 saturated heterocycles. The highest BCUT2D eigenvalue weighted by atomic mass is 35.5. The smallest absolute Gasteiger partial charge is 0.243 e. The third kappa shape index (κ3) is 6.74. The molecule has 33 heavy (non-hydrogen) atoms. The Morgan fingerprint density at radius 3 is 2.30 bits per heavy atom. The SMILES string of the molecule is CSc1ccc([C@@H](C)NC(=O)CN(Cc2ccc(Cl)cc2Cl)S(=O)(=O)c2ccccc2)cc1. The Bertz CT molecular complexity index is 1200. The molecule has 0 aliphatic carbocycles. The summed E-state index contributed by atoms with van der Waals surface area (Å²) >= 11 is 13.9. The van der Waals surface area contributed by atoms with Crippen LogP contribution in [0, 0.1) is 0 Å². The Morgan fingerprint density at radius 2 is 1.70 bits per heavy atom. The van der Waals surface area contributed by atoms with E-state index in [-0.39, 0.29) is 24.0 Å². The van der Waals surface area contributed by atoms with Crippen LogP contribution in [-0.4, -0.2) is 31.4 Å². The quantitative estimate of drug-likeness (QED) is 0.361. The maximum Gasteiger partial charge on any atom is 0.243 e. The average Bonchev–Trinajstić information content (AvgIpc) is 2.80. The topological polar surface area (TPSA) is 66.5 Å². The molecule has 3 aromatic rings. The molecule has 0 aromatic heterocycles. The van der Waals surface area contributed by atoms with Crippen molar-refractivity contribution in [3.63, 3.8) is 0 Å². The molecule has 0 aliphatic rings. The van der Waals surface area contributed by atoms with Gasteiger partial charge in [-0.05, 0) is 60.7 Å². The van der Waals surface area contributed by atoms with Crippen molar-refractivity contribution < 1.29 is 13.2 Å². The van der Waals surface area contributed by atoms with Gasteiger partial charge in [0.15, 0.2) is 0 Å². The Balaban J connectivity index is 1.83. The van der Waals surface area contributed by atoms with E-state index in [1.807, 2.05) is 37.4 Å². The third-order valence-corrected chi connectivity index (χ3v) is 8.19. The second-order valence-electron chi connectivity index (χ2n) is 7.38. The molecule has 3 rings (SSSR count). The molecular weight excluding hydrogens is 499 g/mol. The van der Waals surface area contributed by atoms with Gasteiger partial charge < -0.3 is 5.32 Å². The Morgan fingerprint density at radius 1 is 1.03 bits per heavy atom. The summed E-state index contributed by atoms with van der Waals surface area (Å²) in [6.45, 7) is 1.43. The summed E-state index contributed by atoms with van der Waals surface area (Å²) in [7, 11) is -3.95. The highest BCUT2D eigenvalue weighted by Crippen LogP contribution is 2.25. The van der Waals surface area contributed by atoms with Gasteiger partial charge in [0, 0.05) is 21.5 Å². The first-order valence-corrected chi connectivity index (χ1v) is 13.5. The number of carbonyl (C=O) groups excluding carboxylic acids is 1. The highest BCUT2D eigenvalue weighted by Gasteiger charge is 2.28. The van der Waals surface area contributed by atoms with E-state index in [1.54, 1.807) is 48.2 Å². The molecule has 0 radical (unpaired) electrons. The second kappa shape index (κ2) is 11.4. The largest absolute Gasteiger partial charge is 0.348 e. The lowest BCUT2D eigenvalue weighted by Gasteiger charge is -2.24. The van der Waals surface area contributed by atoms with Crippen molar-refractivity contribution in [2.45, 2.75) is 29.3 Å². The first-order chi connectivity index (χ1) is 15.7. The van der Waals surface area contributed by atoms with Crippen molar-refractivity contribution in [2.75, 3.05) is 12.8 Å². The van der Waals surface area contributed by atoms with Gasteiger partial charge in [-0.25, -0.2) is 8.42 Å². The maximum atomic E-state index is 13.4. The Kier molecular flexibility index (Phi) is 8.84. The van der Waals surface area contributed by atoms with E-state index in [4.69, 9.17) is 23.2 Å². The number of carbonyl (C=O) groups is 1. The van der Waals surface area contributed by atoms with Gasteiger partial charge in [-0.2, -0.15) is 4.31 Å². The van der Waals surface area contributed by atoms with Crippen LogP contribution in [0.5, 0.6) is 0 Å². The Hall–Kier alpha value is -2.03. The predicted octanol–water partition coefficient (Wildman–Crippen LogP) is 5.78. The van der Waals surface area contributed by atoms with E-state index in [2.05, 4.69) is 5.32 Å². The first-order valence-electron chi connectivity index (χ1n) is 10.1. The molecule has 0 heterocycles. The molecule has 9 heteroatoms. The van der Waals surface area contributed by atoms with Gasteiger partial charge in [-0.1, -0.05) is 59.6 Å². The molecule has 0 aliphatic heterocycles. The van der Waals surface area contributed by atoms with Crippen LogP contribution in [0.15, 0.2) is 82.6 Å². The van der Waals surface area contributed by atoms with Crippen LogP contribution in [0.25, 0.3) is 0 Å². The van der Waals surface area contributed by atoms with Gasteiger partial charge in [0.25, 0.3) is 0 Å². The van der Waals surface area contributed by atoms with Crippen LogP contribution in [0.2, 0.25) is 10.0 Å². The molecule has 174 valence electrons. The number of sulfonamides is 1. The van der Waals surface area contributed by atoms with Crippen LogP contribution < -0.4 is 5.32 Å². The van der Waals surface area contributed by atoms with E-state index in [0.29, 0.717) is 15.6 Å². The number of halogens is 2. The molecule has 0 bridgehead atoms. The molecule has 3 aromatic carbocycles. The number of hydrogen-bond acceptors (Lipinski definition) is 4. The Labute approximate surface area is 209 Å². The monoisotopic (exact) mass is 522 g/mol. The minimum atomic E-state index is -3.95. The molecule has 0 spiro atoms. The van der Waals surface area contributed by atoms with E-state index < -0.39 is 15.9 Å². The molecule has 0 fully saturated rings. The zero-order valence-electron chi connectivity index (χ0n) is 18.2. The standard InChI is InChI=1S/C24H24Cl2N2O3S2/c1-17(18-9-12-21(32-2)13-10-18)27-24(29)16-28(15-19-8-11-20(25)14-23(19)26)33(30,31)22-6-4-3-5-7-22/h3-14,17H,15-16H2,1-2H3,(H,27,29)/t17-/m1/s1. The fourth-order valence-electron chi connectivity index (χ4n) is 3.23. The summed E-state index contributed by atoms with van der Waals surface area (Å²) in [5.41, 5.74) is 1.48. The fraction of sp³-hybridized carbons (Fsp3) is 0.208. The molecule has 0 saturated carbocycles. The van der Waals surface area contributed by atoms with Crippen LogP contribution >= 0.6 is 35.0 Å². The first kappa shape index (κ1) is 25.6. The van der Waals surface area contributed by atoms with Crippen LogP contribution in [0.1, 0.15) is 24.1 Å².